The number of halogens is 1. The van der Waals surface area contributed by atoms with Gasteiger partial charge >= 0.3 is 0 Å². The van der Waals surface area contributed by atoms with Crippen molar-refractivity contribution in [3.63, 3.8) is 0 Å². The molecule has 1 saturated heterocycles. The van der Waals surface area contributed by atoms with Crippen molar-refractivity contribution in [1.29, 1.82) is 0 Å². The number of hydrogen-bond donors (Lipinski definition) is 1. The van der Waals surface area contributed by atoms with E-state index in [-0.39, 0.29) is 23.8 Å². The largest absolute Gasteiger partial charge is 0.356 e. The second kappa shape index (κ2) is 8.21. The van der Waals surface area contributed by atoms with Gasteiger partial charge in [0.1, 0.15) is 5.82 Å². The zero-order valence-electron chi connectivity index (χ0n) is 16.4. The van der Waals surface area contributed by atoms with Crippen molar-refractivity contribution < 1.29 is 13.7 Å². The third kappa shape index (κ3) is 4.75. The summed E-state index contributed by atoms with van der Waals surface area (Å²) >= 11 is 0. The Kier molecular flexibility index (Phi) is 5.95. The monoisotopic (exact) mass is 373 g/mol. The number of hydrogen-bond acceptors (Lipinski definition) is 4. The zero-order valence-corrected chi connectivity index (χ0v) is 16.4. The van der Waals surface area contributed by atoms with Crippen molar-refractivity contribution in [2.75, 3.05) is 6.54 Å². The van der Waals surface area contributed by atoms with Crippen LogP contribution < -0.4 is 5.32 Å². The molecule has 1 aliphatic rings. The van der Waals surface area contributed by atoms with E-state index in [0.717, 1.165) is 24.2 Å². The average molecular weight is 373 g/mol. The fourth-order valence-electron chi connectivity index (χ4n) is 3.47. The van der Waals surface area contributed by atoms with Gasteiger partial charge in [0.05, 0.1) is 11.7 Å². The molecule has 1 amide bonds. The van der Waals surface area contributed by atoms with E-state index in [0.29, 0.717) is 24.1 Å². The first kappa shape index (κ1) is 19.5. The molecule has 0 spiro atoms. The summed E-state index contributed by atoms with van der Waals surface area (Å²) in [5, 5.41) is 7.34. The van der Waals surface area contributed by atoms with Crippen LogP contribution in [0.2, 0.25) is 0 Å². The number of carbonyl (C=O) groups excluding carboxylic acids is 1. The van der Waals surface area contributed by atoms with Gasteiger partial charge < -0.3 is 9.84 Å². The van der Waals surface area contributed by atoms with Crippen LogP contribution in [0.1, 0.15) is 39.8 Å². The highest BCUT2D eigenvalue weighted by Gasteiger charge is 2.36. The molecule has 1 N–H and O–H groups in total. The van der Waals surface area contributed by atoms with Crippen molar-refractivity contribution in [2.24, 2.45) is 11.8 Å². The van der Waals surface area contributed by atoms with Gasteiger partial charge in [0, 0.05) is 30.8 Å². The second-order valence-electron chi connectivity index (χ2n) is 8.12. The Morgan fingerprint density at radius 3 is 2.59 bits per heavy atom. The average Bonchev–Trinajstić information content (AvgIpc) is 3.06. The molecule has 0 aliphatic carbocycles. The van der Waals surface area contributed by atoms with E-state index in [4.69, 9.17) is 4.52 Å². The summed E-state index contributed by atoms with van der Waals surface area (Å²) in [7, 11) is 0. The Hall–Kier alpha value is -2.21. The summed E-state index contributed by atoms with van der Waals surface area (Å²) in [4.78, 5) is 14.9. The molecule has 1 aliphatic heterocycles. The van der Waals surface area contributed by atoms with E-state index in [2.05, 4.69) is 43.1 Å². The highest BCUT2D eigenvalue weighted by Crippen LogP contribution is 2.24. The minimum Gasteiger partial charge on any atom is -0.356 e. The standard InChI is InChI=1S/C21H28FN3O2/c1-13(2)9-19-21(26)23-18(14(3)4)12-25(19)11-17-10-20(27-24-17)15-5-7-16(22)8-6-15/h5-8,10,13-14,18-19H,9,11-12H2,1-4H3,(H,23,26). The minimum atomic E-state index is -0.283. The second-order valence-corrected chi connectivity index (χ2v) is 8.12. The quantitative estimate of drug-likeness (QED) is 0.836. The Morgan fingerprint density at radius 1 is 1.26 bits per heavy atom. The summed E-state index contributed by atoms with van der Waals surface area (Å²) in [6.45, 7) is 9.84. The Bertz CT molecular complexity index is 770. The number of piperazine rings is 1. The Morgan fingerprint density at radius 2 is 1.96 bits per heavy atom. The fraction of sp³-hybridized carbons (Fsp3) is 0.524. The molecule has 2 unspecified atom stereocenters. The number of rotatable bonds is 6. The van der Waals surface area contributed by atoms with Crippen LogP contribution in [-0.4, -0.2) is 34.6 Å². The number of carbonyl (C=O) groups is 1. The molecule has 5 nitrogen and oxygen atoms in total. The summed E-state index contributed by atoms with van der Waals surface area (Å²) in [5.41, 5.74) is 1.56. The summed E-state index contributed by atoms with van der Waals surface area (Å²) < 4.78 is 18.6. The van der Waals surface area contributed by atoms with Gasteiger partial charge in [-0.05, 0) is 42.5 Å². The molecule has 27 heavy (non-hydrogen) atoms. The molecule has 0 saturated carbocycles. The van der Waals surface area contributed by atoms with Crippen LogP contribution in [-0.2, 0) is 11.3 Å². The van der Waals surface area contributed by atoms with Crippen LogP contribution >= 0.6 is 0 Å². The van der Waals surface area contributed by atoms with Crippen molar-refractivity contribution >= 4 is 5.91 Å². The van der Waals surface area contributed by atoms with Crippen molar-refractivity contribution in [3.8, 4) is 11.3 Å². The van der Waals surface area contributed by atoms with Crippen molar-refractivity contribution in [3.05, 3.63) is 41.8 Å². The minimum absolute atomic E-state index is 0.0934. The van der Waals surface area contributed by atoms with Crippen LogP contribution in [0.25, 0.3) is 11.3 Å². The van der Waals surface area contributed by atoms with Gasteiger partial charge in [0.2, 0.25) is 5.91 Å². The normalized spacial score (nSPS) is 21.1. The lowest BCUT2D eigenvalue weighted by atomic mass is 9.94. The molecule has 1 aromatic heterocycles. The highest BCUT2D eigenvalue weighted by atomic mass is 19.1. The molecule has 6 heteroatoms. The Labute approximate surface area is 159 Å². The number of aromatic nitrogens is 1. The topological polar surface area (TPSA) is 58.4 Å². The molecule has 0 radical (unpaired) electrons. The summed E-state index contributed by atoms with van der Waals surface area (Å²) in [6.07, 6.45) is 0.805. The van der Waals surface area contributed by atoms with Gasteiger partial charge in [0.15, 0.2) is 5.76 Å². The molecule has 2 heterocycles. The maximum atomic E-state index is 13.1. The van der Waals surface area contributed by atoms with Crippen LogP contribution in [0.4, 0.5) is 4.39 Å². The third-order valence-electron chi connectivity index (χ3n) is 5.05. The van der Waals surface area contributed by atoms with Gasteiger partial charge in [0.25, 0.3) is 0 Å². The molecule has 1 aromatic carbocycles. The first-order chi connectivity index (χ1) is 12.8. The van der Waals surface area contributed by atoms with Gasteiger partial charge in [-0.25, -0.2) is 4.39 Å². The predicted octanol–water partition coefficient (Wildman–Crippen LogP) is 3.85. The molecular formula is C21H28FN3O2. The van der Waals surface area contributed by atoms with Crippen molar-refractivity contribution in [1.82, 2.24) is 15.4 Å². The molecule has 146 valence electrons. The molecule has 1 fully saturated rings. The SMILES string of the molecule is CC(C)CC1C(=O)NC(C(C)C)CN1Cc1cc(-c2ccc(F)cc2)on1. The first-order valence-electron chi connectivity index (χ1n) is 9.59. The van der Waals surface area contributed by atoms with Crippen molar-refractivity contribution in [2.45, 2.75) is 52.7 Å². The number of benzene rings is 1. The summed E-state index contributed by atoms with van der Waals surface area (Å²) in [5.74, 6) is 1.20. The lowest BCUT2D eigenvalue weighted by Gasteiger charge is -2.41. The fourth-order valence-corrected chi connectivity index (χ4v) is 3.47. The number of nitrogens with one attached hydrogen (secondary N) is 1. The van der Waals surface area contributed by atoms with E-state index < -0.39 is 0 Å². The maximum absolute atomic E-state index is 13.1. The molecule has 2 aromatic rings. The van der Waals surface area contributed by atoms with Crippen LogP contribution in [0.3, 0.4) is 0 Å². The molecule has 3 rings (SSSR count). The highest BCUT2D eigenvalue weighted by molar-refractivity contribution is 5.83. The van der Waals surface area contributed by atoms with Gasteiger partial charge in [-0.2, -0.15) is 0 Å². The number of nitrogens with zero attached hydrogens (tertiary/aromatic N) is 2. The van der Waals surface area contributed by atoms with Gasteiger partial charge in [-0.3, -0.25) is 9.69 Å². The predicted molar refractivity (Wildman–Crippen MR) is 102 cm³/mol. The van der Waals surface area contributed by atoms with Crippen LogP contribution in [0.15, 0.2) is 34.9 Å². The van der Waals surface area contributed by atoms with Gasteiger partial charge in [-0.15, -0.1) is 0 Å². The summed E-state index contributed by atoms with van der Waals surface area (Å²) in [6, 6.07) is 7.98. The van der Waals surface area contributed by atoms with E-state index in [1.54, 1.807) is 12.1 Å². The lowest BCUT2D eigenvalue weighted by Crippen LogP contribution is -2.61. The van der Waals surface area contributed by atoms with Crippen LogP contribution in [0, 0.1) is 17.7 Å². The Balaban J connectivity index is 1.78. The third-order valence-corrected chi connectivity index (χ3v) is 5.05. The molecule has 2 atom stereocenters. The number of amides is 1. The van der Waals surface area contributed by atoms with Gasteiger partial charge in [-0.1, -0.05) is 32.9 Å². The van der Waals surface area contributed by atoms with E-state index >= 15 is 0 Å². The smallest absolute Gasteiger partial charge is 0.237 e. The molecule has 0 bridgehead atoms. The lowest BCUT2D eigenvalue weighted by molar-refractivity contribution is -0.132. The first-order valence-corrected chi connectivity index (χ1v) is 9.59. The molecular weight excluding hydrogens is 345 g/mol. The van der Waals surface area contributed by atoms with E-state index in [1.165, 1.54) is 12.1 Å². The zero-order chi connectivity index (χ0) is 19.6. The van der Waals surface area contributed by atoms with E-state index in [1.807, 2.05) is 6.07 Å². The maximum Gasteiger partial charge on any atom is 0.237 e. The van der Waals surface area contributed by atoms with E-state index in [9.17, 15) is 9.18 Å². The van der Waals surface area contributed by atoms with Crippen LogP contribution in [0.5, 0.6) is 0 Å².